The number of aliphatic hydroxyl groups is 1. The number of hydrogen-bond acceptors (Lipinski definition) is 6. The predicted octanol–water partition coefficient (Wildman–Crippen LogP) is 5.06. The second-order valence-corrected chi connectivity index (χ2v) is 14.1. The maximum absolute atomic E-state index is 13.2. The summed E-state index contributed by atoms with van der Waals surface area (Å²) in [5.74, 6) is 4.78. The van der Waals surface area contributed by atoms with Crippen molar-refractivity contribution in [3.8, 4) is 0 Å². The second kappa shape index (κ2) is 10.4. The summed E-state index contributed by atoms with van der Waals surface area (Å²) in [7, 11) is 0. The van der Waals surface area contributed by atoms with E-state index in [1.54, 1.807) is 11.8 Å². The zero-order valence-electron chi connectivity index (χ0n) is 24.3. The molecule has 1 aromatic rings. The molecule has 0 spiro atoms. The van der Waals surface area contributed by atoms with Crippen molar-refractivity contribution in [2.75, 3.05) is 36.8 Å². The number of amides is 1. The first-order valence-electron chi connectivity index (χ1n) is 15.7. The summed E-state index contributed by atoms with van der Waals surface area (Å²) in [6.07, 6.45) is 16.9. The molecule has 0 radical (unpaired) electrons. The van der Waals surface area contributed by atoms with Gasteiger partial charge in [0.05, 0.1) is 18.0 Å². The Morgan fingerprint density at radius 1 is 1.13 bits per heavy atom. The lowest BCUT2D eigenvalue weighted by Gasteiger charge is -2.58. The fourth-order valence-electron chi connectivity index (χ4n) is 10.1. The number of piperazine rings is 1. The quantitative estimate of drug-likeness (QED) is 0.512. The molecule has 1 aromatic heterocycles. The van der Waals surface area contributed by atoms with Crippen LogP contribution in [0.4, 0.5) is 11.5 Å². The molecule has 3 N–H and O–H groups in total. The summed E-state index contributed by atoms with van der Waals surface area (Å²) >= 11 is 0. The Balaban J connectivity index is 1.04. The Bertz CT molecular complexity index is 1100. The van der Waals surface area contributed by atoms with Crippen LogP contribution in [0.5, 0.6) is 0 Å². The van der Waals surface area contributed by atoms with Crippen molar-refractivity contribution < 1.29 is 9.90 Å². The van der Waals surface area contributed by atoms with Gasteiger partial charge in [-0.15, -0.1) is 0 Å². The Hall–Kier alpha value is -2.15. The lowest BCUT2D eigenvalue weighted by atomic mass is 9.47. The third-order valence-corrected chi connectivity index (χ3v) is 12.3. The van der Waals surface area contributed by atoms with Crippen LogP contribution in [0.25, 0.3) is 0 Å². The van der Waals surface area contributed by atoms with E-state index in [-0.39, 0.29) is 6.10 Å². The predicted molar refractivity (Wildman–Crippen MR) is 155 cm³/mol. The van der Waals surface area contributed by atoms with E-state index in [9.17, 15) is 9.90 Å². The lowest BCUT2D eigenvalue weighted by molar-refractivity contribution is -0.132. The molecule has 214 valence electrons. The number of aromatic nitrogens is 2. The van der Waals surface area contributed by atoms with Crippen molar-refractivity contribution in [3.63, 3.8) is 0 Å². The maximum Gasteiger partial charge on any atom is 0.222 e. The number of hydrogen-bond donors (Lipinski definition) is 2. The van der Waals surface area contributed by atoms with E-state index in [2.05, 4.69) is 41.7 Å². The van der Waals surface area contributed by atoms with Crippen LogP contribution in [0.1, 0.15) is 85.0 Å². The third kappa shape index (κ3) is 4.66. The Kier molecular flexibility index (Phi) is 7.18. The molecule has 5 aliphatic rings. The van der Waals surface area contributed by atoms with Crippen LogP contribution in [0.2, 0.25) is 0 Å². The SMILES string of the molecule is CC(CCC(=O)N1CCN(c2ncncc2N)CC1)[C@H]1CC[C@H]2[C@@H]3CC=C4C[C@@H](O)CC[C@]4(C)[C@H]3CC[C@]12C. The van der Waals surface area contributed by atoms with Crippen LogP contribution in [0, 0.1) is 40.4 Å². The van der Waals surface area contributed by atoms with Crippen molar-refractivity contribution >= 4 is 17.4 Å². The lowest BCUT2D eigenvalue weighted by Crippen LogP contribution is -2.51. The minimum atomic E-state index is -0.129. The molecular weight excluding hydrogens is 486 g/mol. The van der Waals surface area contributed by atoms with Gasteiger partial charge in [-0.25, -0.2) is 9.97 Å². The normalized spacial score (nSPS) is 38.9. The number of rotatable bonds is 5. The first-order chi connectivity index (χ1) is 18.7. The van der Waals surface area contributed by atoms with Crippen LogP contribution < -0.4 is 10.6 Å². The zero-order chi connectivity index (χ0) is 27.4. The van der Waals surface area contributed by atoms with Gasteiger partial charge in [0.25, 0.3) is 0 Å². The molecule has 8 atom stereocenters. The molecular formula is C32H49N5O2. The van der Waals surface area contributed by atoms with Gasteiger partial charge in [0, 0.05) is 32.6 Å². The Labute approximate surface area is 234 Å². The monoisotopic (exact) mass is 535 g/mol. The van der Waals surface area contributed by atoms with Crippen LogP contribution in [0.3, 0.4) is 0 Å². The van der Waals surface area contributed by atoms with Gasteiger partial charge >= 0.3 is 0 Å². The third-order valence-electron chi connectivity index (χ3n) is 12.3. The number of nitrogens with zero attached hydrogens (tertiary/aromatic N) is 4. The fraction of sp³-hybridized carbons (Fsp3) is 0.781. The number of nitrogen functional groups attached to an aromatic ring is 1. The van der Waals surface area contributed by atoms with Gasteiger partial charge < -0.3 is 20.6 Å². The van der Waals surface area contributed by atoms with E-state index in [4.69, 9.17) is 5.73 Å². The van der Waals surface area contributed by atoms with Gasteiger partial charge in [-0.3, -0.25) is 4.79 Å². The van der Waals surface area contributed by atoms with Gasteiger partial charge in [0.1, 0.15) is 6.33 Å². The van der Waals surface area contributed by atoms with Crippen molar-refractivity contribution in [2.24, 2.45) is 40.4 Å². The van der Waals surface area contributed by atoms with E-state index in [0.29, 0.717) is 34.8 Å². The molecule has 4 fully saturated rings. The molecule has 39 heavy (non-hydrogen) atoms. The van der Waals surface area contributed by atoms with Crippen molar-refractivity contribution in [2.45, 2.75) is 91.1 Å². The Morgan fingerprint density at radius 3 is 2.69 bits per heavy atom. The highest BCUT2D eigenvalue weighted by atomic mass is 16.3. The first kappa shape index (κ1) is 27.0. The molecule has 0 bridgehead atoms. The summed E-state index contributed by atoms with van der Waals surface area (Å²) in [6, 6.07) is 0. The molecule has 4 aliphatic carbocycles. The standard InChI is InChI=1S/C32H49N5O2/c1-21(4-9-29(39)36-14-16-37(17-15-36)30-28(33)19-34-20-35-30)25-7-8-26-24-6-5-22-18-23(38)10-12-31(22,2)27(24)11-13-32(25,26)3/h5,19-21,23-27,38H,4,6-18,33H2,1-3H3/t21?,23-,24-,25+,26-,27-,31-,32+/m0/s1. The number of carbonyl (C=O) groups excluding carboxylic acids is 1. The van der Waals surface area contributed by atoms with E-state index in [0.717, 1.165) is 81.4 Å². The number of fused-ring (bicyclic) bond motifs is 5. The first-order valence-corrected chi connectivity index (χ1v) is 15.7. The Morgan fingerprint density at radius 2 is 1.92 bits per heavy atom. The van der Waals surface area contributed by atoms with Crippen LogP contribution >= 0.6 is 0 Å². The van der Waals surface area contributed by atoms with Gasteiger partial charge in [0.2, 0.25) is 5.91 Å². The molecule has 3 saturated carbocycles. The number of allylic oxidation sites excluding steroid dienone is 1. The van der Waals surface area contributed by atoms with Crippen LogP contribution in [-0.4, -0.2) is 58.2 Å². The van der Waals surface area contributed by atoms with Crippen LogP contribution in [-0.2, 0) is 4.79 Å². The van der Waals surface area contributed by atoms with Crippen LogP contribution in [0.15, 0.2) is 24.2 Å². The summed E-state index contributed by atoms with van der Waals surface area (Å²) in [6.45, 7) is 10.5. The van der Waals surface area contributed by atoms with Gasteiger partial charge in [-0.05, 0) is 98.2 Å². The summed E-state index contributed by atoms with van der Waals surface area (Å²) in [5, 5.41) is 10.3. The average molecular weight is 536 g/mol. The van der Waals surface area contributed by atoms with Gasteiger partial charge in [-0.1, -0.05) is 32.4 Å². The molecule has 6 rings (SSSR count). The summed E-state index contributed by atoms with van der Waals surface area (Å²) in [5.41, 5.74) is 8.94. The molecule has 1 aliphatic heterocycles. The molecule has 0 aromatic carbocycles. The maximum atomic E-state index is 13.2. The largest absolute Gasteiger partial charge is 0.394 e. The molecule has 7 heteroatoms. The van der Waals surface area contributed by atoms with Crippen molar-refractivity contribution in [1.82, 2.24) is 14.9 Å². The van der Waals surface area contributed by atoms with E-state index in [1.165, 1.54) is 38.4 Å². The average Bonchev–Trinajstić information content (AvgIpc) is 3.29. The van der Waals surface area contributed by atoms with E-state index in [1.807, 2.05) is 4.90 Å². The smallest absolute Gasteiger partial charge is 0.222 e. The van der Waals surface area contributed by atoms with Crippen molar-refractivity contribution in [1.29, 1.82) is 0 Å². The van der Waals surface area contributed by atoms with Gasteiger partial charge in [0.15, 0.2) is 5.82 Å². The zero-order valence-corrected chi connectivity index (χ0v) is 24.3. The van der Waals surface area contributed by atoms with Gasteiger partial charge in [-0.2, -0.15) is 0 Å². The fourth-order valence-corrected chi connectivity index (χ4v) is 10.1. The topological polar surface area (TPSA) is 95.6 Å². The summed E-state index contributed by atoms with van der Waals surface area (Å²) < 4.78 is 0. The van der Waals surface area contributed by atoms with E-state index < -0.39 is 0 Å². The highest BCUT2D eigenvalue weighted by Crippen LogP contribution is 2.67. The number of anilines is 2. The molecule has 1 unspecified atom stereocenters. The van der Waals surface area contributed by atoms with E-state index >= 15 is 0 Å². The molecule has 7 nitrogen and oxygen atoms in total. The molecule has 2 heterocycles. The minimum Gasteiger partial charge on any atom is -0.394 e. The highest BCUT2D eigenvalue weighted by Gasteiger charge is 2.59. The summed E-state index contributed by atoms with van der Waals surface area (Å²) in [4.78, 5) is 25.7. The number of aliphatic hydroxyl groups excluding tert-OH is 1. The number of nitrogens with two attached hydrogens (primary N) is 1. The number of carbonyl (C=O) groups is 1. The highest BCUT2D eigenvalue weighted by molar-refractivity contribution is 5.76. The minimum absolute atomic E-state index is 0.129. The molecule has 1 amide bonds. The second-order valence-electron chi connectivity index (χ2n) is 14.1. The van der Waals surface area contributed by atoms with Crippen molar-refractivity contribution in [3.05, 3.63) is 24.2 Å². The molecule has 1 saturated heterocycles.